The van der Waals surface area contributed by atoms with Gasteiger partial charge in [-0.15, -0.1) is 0 Å². The van der Waals surface area contributed by atoms with E-state index in [1.54, 1.807) is 12.1 Å². The molecule has 0 unspecified atom stereocenters. The molecule has 6 nitrogen and oxygen atoms in total. The summed E-state index contributed by atoms with van der Waals surface area (Å²) in [5.74, 6) is 7.00. The lowest BCUT2D eigenvalue weighted by atomic mass is 10.1. The van der Waals surface area contributed by atoms with Crippen molar-refractivity contribution in [3.8, 4) is 23.3 Å². The van der Waals surface area contributed by atoms with Gasteiger partial charge in [-0.1, -0.05) is 29.5 Å². The predicted molar refractivity (Wildman–Crippen MR) is 104 cm³/mol. The van der Waals surface area contributed by atoms with Crippen molar-refractivity contribution in [2.45, 2.75) is 37.5 Å². The second-order valence-electron chi connectivity index (χ2n) is 6.42. The molecule has 0 saturated heterocycles. The quantitative estimate of drug-likeness (QED) is 0.596. The van der Waals surface area contributed by atoms with Gasteiger partial charge in [0.05, 0.1) is 4.90 Å². The van der Waals surface area contributed by atoms with Crippen molar-refractivity contribution in [1.82, 2.24) is 4.72 Å². The van der Waals surface area contributed by atoms with Crippen molar-refractivity contribution in [3.05, 3.63) is 53.6 Å². The van der Waals surface area contributed by atoms with Crippen molar-refractivity contribution in [1.29, 1.82) is 0 Å². The number of carbonyl (C=O) groups excluding carboxylic acids is 1. The van der Waals surface area contributed by atoms with Gasteiger partial charge in [-0.3, -0.25) is 4.79 Å². The van der Waals surface area contributed by atoms with E-state index in [2.05, 4.69) is 16.6 Å². The standard InChI is InChI=1S/C21H21NO5S/c1-16-8-11-18(12-9-16)28(24,25)22-21(23)7-5-3-2-4-6-17-10-13-19-20(14-17)27-15-26-19/h8-14H,2-3,5,7,15H2,1H3,(H,22,23). The summed E-state index contributed by atoms with van der Waals surface area (Å²) in [5.41, 5.74) is 1.79. The van der Waals surface area contributed by atoms with Crippen molar-refractivity contribution < 1.29 is 22.7 Å². The van der Waals surface area contributed by atoms with E-state index in [1.165, 1.54) is 12.1 Å². The highest BCUT2D eigenvalue weighted by Gasteiger charge is 2.16. The first-order chi connectivity index (χ1) is 13.4. The summed E-state index contributed by atoms with van der Waals surface area (Å²) in [4.78, 5) is 12.0. The van der Waals surface area contributed by atoms with E-state index < -0.39 is 15.9 Å². The molecule has 7 heteroatoms. The number of benzene rings is 2. The lowest BCUT2D eigenvalue weighted by molar-refractivity contribution is -0.119. The molecule has 0 fully saturated rings. The fraction of sp³-hybridized carbons (Fsp3) is 0.286. The SMILES string of the molecule is Cc1ccc(S(=O)(=O)NC(=O)CCCCC#Cc2ccc3c(c2)OCO3)cc1. The fourth-order valence-corrected chi connectivity index (χ4v) is 3.63. The highest BCUT2D eigenvalue weighted by molar-refractivity contribution is 7.90. The third-order valence-corrected chi connectivity index (χ3v) is 5.53. The Kier molecular flexibility index (Phi) is 6.22. The first-order valence-electron chi connectivity index (χ1n) is 8.95. The number of sulfonamides is 1. The van der Waals surface area contributed by atoms with Crippen LogP contribution in [0.3, 0.4) is 0 Å². The van der Waals surface area contributed by atoms with E-state index in [0.29, 0.717) is 25.0 Å². The molecule has 1 aliphatic heterocycles. The molecule has 0 spiro atoms. The molecule has 28 heavy (non-hydrogen) atoms. The van der Waals surface area contributed by atoms with E-state index in [9.17, 15) is 13.2 Å². The molecule has 0 aromatic heterocycles. The first-order valence-corrected chi connectivity index (χ1v) is 10.4. The van der Waals surface area contributed by atoms with Crippen molar-refractivity contribution in [3.63, 3.8) is 0 Å². The molecule has 1 N–H and O–H groups in total. The van der Waals surface area contributed by atoms with Gasteiger partial charge in [-0.2, -0.15) is 0 Å². The second-order valence-corrected chi connectivity index (χ2v) is 8.10. The van der Waals surface area contributed by atoms with Crippen LogP contribution in [0.15, 0.2) is 47.4 Å². The minimum Gasteiger partial charge on any atom is -0.454 e. The minimum atomic E-state index is -3.81. The Hall–Kier alpha value is -2.98. The molecule has 3 rings (SSSR count). The van der Waals surface area contributed by atoms with Crippen LogP contribution in [0.25, 0.3) is 0 Å². The molecule has 0 saturated carbocycles. The van der Waals surface area contributed by atoms with Crippen LogP contribution in [0.1, 0.15) is 36.8 Å². The van der Waals surface area contributed by atoms with Gasteiger partial charge in [0, 0.05) is 18.4 Å². The molecule has 1 aliphatic rings. The van der Waals surface area contributed by atoms with E-state index in [-0.39, 0.29) is 18.1 Å². The van der Waals surface area contributed by atoms with E-state index >= 15 is 0 Å². The molecular weight excluding hydrogens is 378 g/mol. The molecule has 0 radical (unpaired) electrons. The Morgan fingerprint density at radius 2 is 1.82 bits per heavy atom. The summed E-state index contributed by atoms with van der Waals surface area (Å²) in [7, 11) is -3.81. The number of hydrogen-bond donors (Lipinski definition) is 1. The van der Waals surface area contributed by atoms with Gasteiger partial charge in [0.25, 0.3) is 10.0 Å². The number of fused-ring (bicyclic) bond motifs is 1. The maximum absolute atomic E-state index is 12.2. The van der Waals surface area contributed by atoms with Gasteiger partial charge in [0.2, 0.25) is 12.7 Å². The maximum atomic E-state index is 12.2. The number of unbranched alkanes of at least 4 members (excludes halogenated alkanes) is 2. The van der Waals surface area contributed by atoms with Gasteiger partial charge in [0.15, 0.2) is 11.5 Å². The van der Waals surface area contributed by atoms with Gasteiger partial charge >= 0.3 is 0 Å². The minimum absolute atomic E-state index is 0.0843. The Labute approximate surface area is 164 Å². The third kappa shape index (κ3) is 5.27. The number of amides is 1. The lowest BCUT2D eigenvalue weighted by Gasteiger charge is -2.06. The lowest BCUT2D eigenvalue weighted by Crippen LogP contribution is -2.30. The van der Waals surface area contributed by atoms with Crippen LogP contribution in [0.4, 0.5) is 0 Å². The van der Waals surface area contributed by atoms with Gasteiger partial charge in [0.1, 0.15) is 0 Å². The summed E-state index contributed by atoms with van der Waals surface area (Å²) >= 11 is 0. The largest absolute Gasteiger partial charge is 0.454 e. The zero-order valence-electron chi connectivity index (χ0n) is 15.5. The molecule has 2 aromatic carbocycles. The molecule has 0 bridgehead atoms. The smallest absolute Gasteiger partial charge is 0.264 e. The normalized spacial score (nSPS) is 12.2. The van der Waals surface area contributed by atoms with Crippen molar-refractivity contribution in [2.75, 3.05) is 6.79 Å². The van der Waals surface area contributed by atoms with Gasteiger partial charge in [-0.25, -0.2) is 13.1 Å². The molecular formula is C21H21NO5S. The Morgan fingerprint density at radius 3 is 2.61 bits per heavy atom. The summed E-state index contributed by atoms with van der Waals surface area (Å²) in [6.07, 6.45) is 2.02. The Bertz CT molecular complexity index is 1020. The molecule has 1 amide bonds. The van der Waals surface area contributed by atoms with Crippen molar-refractivity contribution in [2.24, 2.45) is 0 Å². The van der Waals surface area contributed by atoms with Crippen LogP contribution in [0, 0.1) is 18.8 Å². The third-order valence-electron chi connectivity index (χ3n) is 4.14. The predicted octanol–water partition coefficient (Wildman–Crippen LogP) is 3.14. The molecule has 1 heterocycles. The monoisotopic (exact) mass is 399 g/mol. The maximum Gasteiger partial charge on any atom is 0.264 e. The van der Waals surface area contributed by atoms with Crippen LogP contribution < -0.4 is 14.2 Å². The molecule has 2 aromatic rings. The van der Waals surface area contributed by atoms with E-state index in [0.717, 1.165) is 16.9 Å². The molecule has 0 aliphatic carbocycles. The summed E-state index contributed by atoms with van der Waals surface area (Å²) in [6, 6.07) is 11.9. The summed E-state index contributed by atoms with van der Waals surface area (Å²) < 4.78 is 37.0. The highest BCUT2D eigenvalue weighted by Crippen LogP contribution is 2.32. The van der Waals surface area contributed by atoms with Crippen LogP contribution in [-0.4, -0.2) is 21.1 Å². The van der Waals surface area contributed by atoms with Gasteiger partial charge in [-0.05, 0) is 50.1 Å². The average Bonchev–Trinajstić information content (AvgIpc) is 3.12. The number of carbonyl (C=O) groups is 1. The number of rotatable bonds is 6. The fourth-order valence-electron chi connectivity index (χ4n) is 2.62. The number of hydrogen-bond acceptors (Lipinski definition) is 5. The van der Waals surface area contributed by atoms with Crippen LogP contribution in [0.5, 0.6) is 11.5 Å². The second kappa shape index (κ2) is 8.81. The topological polar surface area (TPSA) is 81.7 Å². The summed E-state index contributed by atoms with van der Waals surface area (Å²) in [6.45, 7) is 2.10. The zero-order valence-corrected chi connectivity index (χ0v) is 16.3. The molecule has 0 atom stereocenters. The molecule has 146 valence electrons. The van der Waals surface area contributed by atoms with Crippen LogP contribution in [-0.2, 0) is 14.8 Å². The first kappa shape index (κ1) is 19.8. The van der Waals surface area contributed by atoms with E-state index in [1.807, 2.05) is 25.1 Å². The van der Waals surface area contributed by atoms with Crippen molar-refractivity contribution >= 4 is 15.9 Å². The van der Waals surface area contributed by atoms with Crippen LogP contribution in [0.2, 0.25) is 0 Å². The number of nitrogens with one attached hydrogen (secondary N) is 1. The van der Waals surface area contributed by atoms with Crippen LogP contribution >= 0.6 is 0 Å². The zero-order chi connectivity index (χ0) is 20.0. The number of ether oxygens (including phenoxy) is 2. The highest BCUT2D eigenvalue weighted by atomic mass is 32.2. The number of aryl methyl sites for hydroxylation is 1. The summed E-state index contributed by atoms with van der Waals surface area (Å²) in [5, 5.41) is 0. The average molecular weight is 399 g/mol. The van der Waals surface area contributed by atoms with E-state index in [4.69, 9.17) is 9.47 Å². The van der Waals surface area contributed by atoms with Gasteiger partial charge < -0.3 is 9.47 Å². The Morgan fingerprint density at radius 1 is 1.07 bits per heavy atom. The Balaban J connectivity index is 1.41.